The number of rotatable bonds is 4. The zero-order valence-corrected chi connectivity index (χ0v) is 46.1. The van der Waals surface area contributed by atoms with Crippen LogP contribution >= 0.6 is 0 Å². The molecule has 8 nitrogen and oxygen atoms in total. The molecule has 392 valence electrons. The molecule has 0 bridgehead atoms. The normalized spacial score (nSPS) is 10.8. The Morgan fingerprint density at radius 3 is 1.33 bits per heavy atom. The lowest BCUT2D eigenvalue weighted by molar-refractivity contribution is 1.00. The number of para-hydroxylation sites is 7. The van der Waals surface area contributed by atoms with Crippen LogP contribution in [0.15, 0.2) is 273 Å². The maximum Gasteiger partial charge on any atom is 0.111 e. The van der Waals surface area contributed by atoms with Crippen LogP contribution < -0.4 is 0 Å². The number of pyridine rings is 4. The molecule has 0 aliphatic heterocycles. The average molecular weight is 1050 g/mol. The average Bonchev–Trinajstić information content (AvgIpc) is 4.17. The zero-order valence-electron chi connectivity index (χ0n) is 46.1. The van der Waals surface area contributed by atoms with Gasteiger partial charge in [0, 0.05) is 62.8 Å². The second-order valence-electron chi connectivity index (χ2n) is 19.8. The van der Waals surface area contributed by atoms with Crippen LogP contribution in [0.5, 0.6) is 0 Å². The monoisotopic (exact) mass is 1050 g/mol. The summed E-state index contributed by atoms with van der Waals surface area (Å²) in [4.78, 5) is 26.9. The molecular formula is C73H60N8. The van der Waals surface area contributed by atoms with Gasteiger partial charge in [0.05, 0.1) is 44.1 Å². The third-order valence-electron chi connectivity index (χ3n) is 14.1. The van der Waals surface area contributed by atoms with Crippen LogP contribution in [0.1, 0.15) is 28.5 Å². The number of benzene rings is 9. The Morgan fingerprint density at radius 1 is 0.284 bits per heavy atom. The van der Waals surface area contributed by atoms with Gasteiger partial charge in [-0.2, -0.15) is 0 Å². The summed E-state index contributed by atoms with van der Waals surface area (Å²) >= 11 is 0. The minimum atomic E-state index is 0.985. The van der Waals surface area contributed by atoms with Gasteiger partial charge >= 0.3 is 0 Å². The summed E-state index contributed by atoms with van der Waals surface area (Å²) < 4.78 is 4.37. The summed E-state index contributed by atoms with van der Waals surface area (Å²) in [6, 6.07) is 87.3. The summed E-state index contributed by atoms with van der Waals surface area (Å²) in [5, 5.41) is 4.69. The molecule has 15 aromatic rings. The molecule has 6 heterocycles. The van der Waals surface area contributed by atoms with Crippen LogP contribution in [0.3, 0.4) is 0 Å². The molecular weight excluding hydrogens is 989 g/mol. The van der Waals surface area contributed by atoms with Crippen LogP contribution in [0, 0.1) is 34.6 Å². The van der Waals surface area contributed by atoms with Crippen LogP contribution in [0.4, 0.5) is 0 Å². The van der Waals surface area contributed by atoms with Crippen molar-refractivity contribution in [2.45, 2.75) is 34.6 Å². The van der Waals surface area contributed by atoms with Gasteiger partial charge in [0.2, 0.25) is 0 Å². The van der Waals surface area contributed by atoms with Gasteiger partial charge < -0.3 is 0 Å². The Labute approximate surface area is 472 Å². The molecule has 0 N–H and O–H groups in total. The van der Waals surface area contributed by atoms with Crippen molar-refractivity contribution in [1.82, 2.24) is 39.0 Å². The number of fused-ring (bicyclic) bond motifs is 7. The highest BCUT2D eigenvalue weighted by Gasteiger charge is 2.10. The molecule has 0 saturated heterocycles. The zero-order chi connectivity index (χ0) is 55.5. The van der Waals surface area contributed by atoms with Gasteiger partial charge in [0.1, 0.15) is 11.6 Å². The molecule has 0 saturated carbocycles. The van der Waals surface area contributed by atoms with Gasteiger partial charge in [0.25, 0.3) is 0 Å². The first kappa shape index (κ1) is 52.6. The Kier molecular flexibility index (Phi) is 15.9. The summed E-state index contributed by atoms with van der Waals surface area (Å²) in [6.45, 7) is 10.3. The largest absolute Gasteiger partial charge is 0.297 e. The maximum atomic E-state index is 4.63. The highest BCUT2D eigenvalue weighted by atomic mass is 15.1. The summed E-state index contributed by atoms with van der Waals surface area (Å²) in [7, 11) is 0. The maximum absolute atomic E-state index is 4.63. The van der Waals surface area contributed by atoms with Crippen molar-refractivity contribution in [2.75, 3.05) is 0 Å². The molecule has 0 fully saturated rings. The molecule has 81 heavy (non-hydrogen) atoms. The van der Waals surface area contributed by atoms with E-state index < -0.39 is 0 Å². The molecule has 0 aliphatic rings. The lowest BCUT2D eigenvalue weighted by Crippen LogP contribution is -1.96. The number of hydrogen-bond donors (Lipinski definition) is 0. The first-order valence-corrected chi connectivity index (χ1v) is 27.2. The highest BCUT2D eigenvalue weighted by Crippen LogP contribution is 2.29. The first-order chi connectivity index (χ1) is 39.8. The number of nitrogens with zero attached hydrogens (tertiary/aromatic N) is 8. The van der Waals surface area contributed by atoms with Crippen molar-refractivity contribution in [3.8, 4) is 33.6 Å². The van der Waals surface area contributed by atoms with Gasteiger partial charge in [-0.1, -0.05) is 188 Å². The summed E-state index contributed by atoms with van der Waals surface area (Å²) in [6.07, 6.45) is 5.49. The van der Waals surface area contributed by atoms with E-state index in [9.17, 15) is 0 Å². The van der Waals surface area contributed by atoms with Gasteiger partial charge in [0.15, 0.2) is 0 Å². The van der Waals surface area contributed by atoms with Gasteiger partial charge in [-0.25, -0.2) is 9.97 Å². The quantitative estimate of drug-likeness (QED) is 0.163. The minimum absolute atomic E-state index is 0.985. The SMILES string of the molecule is Cc1ccc(-c2cccc3cccnc23)cc1.Cc1ccc2ccc3cccnc3c2n1.Cc1cccc2cccnc12.Cc1nc2ccccc2n1-c1ccc(-c2ccccc2)cc1.Cc1nc2ccccc2n1-c1ccccc1. The van der Waals surface area contributed by atoms with Gasteiger partial charge in [-0.3, -0.25) is 29.1 Å². The Morgan fingerprint density at radius 2 is 0.728 bits per heavy atom. The fourth-order valence-corrected chi connectivity index (χ4v) is 10.1. The van der Waals surface area contributed by atoms with Crippen molar-refractivity contribution in [3.05, 3.63) is 302 Å². The van der Waals surface area contributed by atoms with Crippen molar-refractivity contribution in [2.24, 2.45) is 0 Å². The third-order valence-corrected chi connectivity index (χ3v) is 14.1. The number of aromatic nitrogens is 8. The number of hydrogen-bond acceptors (Lipinski definition) is 6. The lowest BCUT2D eigenvalue weighted by atomic mass is 10.0. The Balaban J connectivity index is 0.000000108. The van der Waals surface area contributed by atoms with Crippen LogP contribution in [0.25, 0.3) is 99.3 Å². The topological polar surface area (TPSA) is 87.2 Å². The van der Waals surface area contributed by atoms with Crippen molar-refractivity contribution < 1.29 is 0 Å². The van der Waals surface area contributed by atoms with E-state index >= 15 is 0 Å². The molecule has 0 aliphatic carbocycles. The van der Waals surface area contributed by atoms with Crippen LogP contribution in [0.2, 0.25) is 0 Å². The predicted octanol–water partition coefficient (Wildman–Crippen LogP) is 18.2. The molecule has 0 radical (unpaired) electrons. The van der Waals surface area contributed by atoms with Crippen LogP contribution in [-0.4, -0.2) is 39.0 Å². The molecule has 0 amide bonds. The van der Waals surface area contributed by atoms with E-state index in [1.165, 1.54) is 44.2 Å². The molecule has 6 aromatic heterocycles. The van der Waals surface area contributed by atoms with Crippen molar-refractivity contribution in [1.29, 1.82) is 0 Å². The smallest absolute Gasteiger partial charge is 0.111 e. The van der Waals surface area contributed by atoms with E-state index in [1.807, 2.05) is 112 Å². The van der Waals surface area contributed by atoms with E-state index in [1.54, 1.807) is 0 Å². The molecule has 15 rings (SSSR count). The Bertz CT molecular complexity index is 4560. The van der Waals surface area contributed by atoms with Gasteiger partial charge in [-0.05, 0) is 130 Å². The van der Waals surface area contributed by atoms with E-state index in [2.05, 4.69) is 235 Å². The molecule has 0 spiro atoms. The summed E-state index contributed by atoms with van der Waals surface area (Å²) in [5.74, 6) is 2.03. The molecule has 8 heteroatoms. The lowest BCUT2D eigenvalue weighted by Gasteiger charge is -2.08. The van der Waals surface area contributed by atoms with E-state index in [4.69, 9.17) is 0 Å². The molecule has 9 aromatic carbocycles. The van der Waals surface area contributed by atoms with Crippen LogP contribution in [-0.2, 0) is 0 Å². The van der Waals surface area contributed by atoms with E-state index in [0.717, 1.165) is 83.6 Å². The van der Waals surface area contributed by atoms with Crippen molar-refractivity contribution in [3.63, 3.8) is 0 Å². The summed E-state index contributed by atoms with van der Waals surface area (Å²) in [5.41, 5.74) is 19.3. The van der Waals surface area contributed by atoms with E-state index in [0.29, 0.717) is 0 Å². The van der Waals surface area contributed by atoms with Gasteiger partial charge in [-0.15, -0.1) is 0 Å². The Hall–Kier alpha value is -10.4. The van der Waals surface area contributed by atoms with Crippen molar-refractivity contribution >= 4 is 65.7 Å². The fraction of sp³-hybridized carbons (Fsp3) is 0.0685. The third kappa shape index (κ3) is 12.0. The first-order valence-electron chi connectivity index (χ1n) is 27.2. The standard InChI is InChI=1S/C20H16N2.C16H13N.C14H12N2.C13H10N2.C10H9N/c1-15-21-19-9-5-6-10-20(19)22(15)18-13-11-17(12-14-18)16-7-3-2-4-8-16;1-12-7-9-13(10-8-12)15-6-2-4-14-5-3-11-17-16(14)15;1-11-15-13-9-5-6-10-14(13)16(11)12-7-3-2-4-8-12;1-9-4-5-11-7-6-10-3-2-8-14-12(10)13(11)15-9;1-8-4-2-5-9-6-3-7-11-10(8)9/h2-14H,1H3;2-11H,1H3;2-10H,1H3;2-8H,1H3;2-7H,1H3. The molecule has 0 atom stereocenters. The van der Waals surface area contributed by atoms with E-state index in [-0.39, 0.29) is 0 Å². The predicted molar refractivity (Wildman–Crippen MR) is 337 cm³/mol. The second-order valence-corrected chi connectivity index (χ2v) is 19.8. The fourth-order valence-electron chi connectivity index (χ4n) is 10.1. The number of aryl methyl sites for hydroxylation is 5. The molecule has 0 unspecified atom stereocenters. The number of imidazole rings is 2. The minimum Gasteiger partial charge on any atom is -0.297 e. The second kappa shape index (κ2) is 24.5. The highest BCUT2D eigenvalue weighted by molar-refractivity contribution is 6.02.